The Morgan fingerprint density at radius 2 is 2.04 bits per heavy atom. The van der Waals surface area contributed by atoms with Gasteiger partial charge in [0, 0.05) is 11.3 Å². The van der Waals surface area contributed by atoms with Gasteiger partial charge < -0.3 is 14.9 Å². The quantitative estimate of drug-likeness (QED) is 0.572. The largest absolute Gasteiger partial charge is 0.459 e. The fourth-order valence-electron chi connectivity index (χ4n) is 6.75. The average molecular weight is 332 g/mol. The van der Waals surface area contributed by atoms with Gasteiger partial charge in [0.05, 0.1) is 6.10 Å². The molecule has 1 aliphatic heterocycles. The number of ether oxygens (including phenoxy) is 1. The third-order valence-electron chi connectivity index (χ3n) is 8.19. The van der Waals surface area contributed by atoms with Crippen LogP contribution in [0, 0.1) is 28.6 Å². The van der Waals surface area contributed by atoms with Gasteiger partial charge in [-0.15, -0.1) is 6.58 Å². The second-order valence-corrected chi connectivity index (χ2v) is 8.80. The maximum Gasteiger partial charge on any atom is 0.317 e. The summed E-state index contributed by atoms with van der Waals surface area (Å²) in [5, 5.41) is 22.4. The Labute approximate surface area is 143 Å². The Morgan fingerprint density at radius 1 is 1.33 bits per heavy atom. The fraction of sp³-hybridized carbons (Fsp3) is 0.750. The number of esters is 1. The average Bonchev–Trinajstić information content (AvgIpc) is 2.74. The summed E-state index contributed by atoms with van der Waals surface area (Å²) >= 11 is 0. The first kappa shape index (κ1) is 16.3. The van der Waals surface area contributed by atoms with Gasteiger partial charge in [0.25, 0.3) is 0 Å². The third kappa shape index (κ3) is 1.51. The van der Waals surface area contributed by atoms with E-state index < -0.39 is 34.6 Å². The summed E-state index contributed by atoms with van der Waals surface area (Å²) in [6.07, 6.45) is 4.34. The topological polar surface area (TPSA) is 66.8 Å². The van der Waals surface area contributed by atoms with Crippen molar-refractivity contribution in [2.45, 2.75) is 63.8 Å². The number of allylic oxidation sites excluding steroid dienone is 2. The zero-order chi connectivity index (χ0) is 17.5. The van der Waals surface area contributed by atoms with Gasteiger partial charge in [-0.25, -0.2) is 0 Å². The second kappa shape index (κ2) is 4.73. The van der Waals surface area contributed by atoms with Gasteiger partial charge in [-0.1, -0.05) is 25.2 Å². The van der Waals surface area contributed by atoms with E-state index in [9.17, 15) is 15.0 Å². The van der Waals surface area contributed by atoms with Crippen LogP contribution in [0.25, 0.3) is 0 Å². The standard InChI is InChI=1S/C20H28O4/c1-5-12-11(2)6-7-14-13(12)10-16-20(23)18(14,3)9-8-15(21)19(20,4)17(22)24-16/h5,12-16,21,23H,1-2,6-10H2,3-4H3. The molecule has 0 aromatic rings. The molecule has 4 rings (SSSR count). The van der Waals surface area contributed by atoms with Crippen LogP contribution in [-0.4, -0.2) is 34.0 Å². The minimum Gasteiger partial charge on any atom is -0.459 e. The summed E-state index contributed by atoms with van der Waals surface area (Å²) in [5.41, 5.74) is -1.78. The van der Waals surface area contributed by atoms with Crippen LogP contribution in [0.2, 0.25) is 0 Å². The van der Waals surface area contributed by atoms with Crippen LogP contribution < -0.4 is 0 Å². The molecule has 4 aliphatic rings. The monoisotopic (exact) mass is 332 g/mol. The predicted molar refractivity (Wildman–Crippen MR) is 89.9 cm³/mol. The van der Waals surface area contributed by atoms with Gasteiger partial charge >= 0.3 is 5.97 Å². The molecular formula is C20H28O4. The number of hydrogen-bond donors (Lipinski definition) is 2. The van der Waals surface area contributed by atoms with E-state index in [1.807, 2.05) is 6.08 Å². The van der Waals surface area contributed by atoms with Crippen molar-refractivity contribution in [2.24, 2.45) is 28.6 Å². The summed E-state index contributed by atoms with van der Waals surface area (Å²) in [6.45, 7) is 12.0. The molecule has 3 aliphatic carbocycles. The highest BCUT2D eigenvalue weighted by molar-refractivity contribution is 5.82. The third-order valence-corrected chi connectivity index (χ3v) is 8.19. The Balaban J connectivity index is 1.87. The zero-order valence-corrected chi connectivity index (χ0v) is 14.6. The van der Waals surface area contributed by atoms with Gasteiger partial charge in [0.1, 0.15) is 17.1 Å². The van der Waals surface area contributed by atoms with E-state index in [1.165, 1.54) is 5.57 Å². The van der Waals surface area contributed by atoms with E-state index in [0.29, 0.717) is 25.2 Å². The maximum absolute atomic E-state index is 12.7. The number of carbonyl (C=O) groups excluding carboxylic acids is 1. The lowest BCUT2D eigenvalue weighted by molar-refractivity contribution is -0.267. The van der Waals surface area contributed by atoms with Gasteiger partial charge in [0.15, 0.2) is 0 Å². The summed E-state index contributed by atoms with van der Waals surface area (Å²) in [4.78, 5) is 12.7. The highest BCUT2D eigenvalue weighted by Gasteiger charge is 2.79. The first-order chi connectivity index (χ1) is 11.2. The molecule has 0 spiro atoms. The number of hydrogen-bond acceptors (Lipinski definition) is 4. The maximum atomic E-state index is 12.7. The molecule has 4 nitrogen and oxygen atoms in total. The minimum atomic E-state index is -1.31. The first-order valence-corrected chi connectivity index (χ1v) is 9.13. The minimum absolute atomic E-state index is 0.211. The Morgan fingerprint density at radius 3 is 2.71 bits per heavy atom. The van der Waals surface area contributed by atoms with Gasteiger partial charge in [-0.3, -0.25) is 4.79 Å². The van der Waals surface area contributed by atoms with E-state index in [4.69, 9.17) is 4.74 Å². The molecule has 0 aromatic heterocycles. The van der Waals surface area contributed by atoms with Crippen LogP contribution in [-0.2, 0) is 9.53 Å². The highest BCUT2D eigenvalue weighted by atomic mass is 16.6. The van der Waals surface area contributed by atoms with Gasteiger partial charge in [0.2, 0.25) is 0 Å². The van der Waals surface area contributed by atoms with Crippen molar-refractivity contribution >= 4 is 5.97 Å². The highest BCUT2D eigenvalue weighted by Crippen LogP contribution is 2.69. The van der Waals surface area contributed by atoms with Crippen LogP contribution in [0.5, 0.6) is 0 Å². The van der Waals surface area contributed by atoms with E-state index >= 15 is 0 Å². The second-order valence-electron chi connectivity index (χ2n) is 8.80. The van der Waals surface area contributed by atoms with Crippen molar-refractivity contribution in [1.82, 2.24) is 0 Å². The van der Waals surface area contributed by atoms with Crippen molar-refractivity contribution in [2.75, 3.05) is 0 Å². The van der Waals surface area contributed by atoms with Crippen molar-refractivity contribution in [1.29, 1.82) is 0 Å². The molecule has 0 aromatic carbocycles. The number of rotatable bonds is 1. The number of aliphatic hydroxyl groups is 2. The molecule has 0 amide bonds. The van der Waals surface area contributed by atoms with Gasteiger partial charge in [-0.05, 0) is 50.9 Å². The molecule has 24 heavy (non-hydrogen) atoms. The molecule has 2 N–H and O–H groups in total. The van der Waals surface area contributed by atoms with Gasteiger partial charge in [-0.2, -0.15) is 0 Å². The molecule has 8 atom stereocenters. The number of carbonyl (C=O) groups is 1. The molecular weight excluding hydrogens is 304 g/mol. The van der Waals surface area contributed by atoms with E-state index in [2.05, 4.69) is 20.1 Å². The summed E-state index contributed by atoms with van der Waals surface area (Å²) in [5.74, 6) is 0.349. The van der Waals surface area contributed by atoms with Crippen molar-refractivity contribution < 1.29 is 19.7 Å². The summed E-state index contributed by atoms with van der Waals surface area (Å²) in [6, 6.07) is 0. The molecule has 8 unspecified atom stereocenters. The number of aliphatic hydroxyl groups excluding tert-OH is 1. The molecule has 132 valence electrons. The molecule has 0 radical (unpaired) electrons. The predicted octanol–water partition coefficient (Wildman–Crippen LogP) is 2.60. The zero-order valence-electron chi connectivity index (χ0n) is 14.6. The lowest BCUT2D eigenvalue weighted by atomic mass is 9.40. The Hall–Kier alpha value is -1.13. The van der Waals surface area contributed by atoms with Crippen molar-refractivity contribution in [3.63, 3.8) is 0 Å². The van der Waals surface area contributed by atoms with Crippen molar-refractivity contribution in [3.05, 3.63) is 24.8 Å². The molecule has 3 saturated carbocycles. The van der Waals surface area contributed by atoms with Crippen LogP contribution in [0.15, 0.2) is 24.8 Å². The first-order valence-electron chi connectivity index (χ1n) is 9.13. The Bertz CT molecular complexity index is 627. The lowest BCUT2D eigenvalue weighted by Gasteiger charge is -2.64. The fourth-order valence-corrected chi connectivity index (χ4v) is 6.75. The number of fused-ring (bicyclic) bond motifs is 2. The molecule has 4 heteroatoms. The SMILES string of the molecule is C=CC1C(=C)CCC2C1CC1OC(=O)C3(C)C(O)CCC2(C)C13O. The van der Waals surface area contributed by atoms with Crippen LogP contribution in [0.1, 0.15) is 46.0 Å². The van der Waals surface area contributed by atoms with Crippen molar-refractivity contribution in [3.8, 4) is 0 Å². The normalized spacial score (nSPS) is 56.2. The van der Waals surface area contributed by atoms with Crippen LogP contribution >= 0.6 is 0 Å². The molecule has 0 bridgehead atoms. The van der Waals surface area contributed by atoms with E-state index in [-0.39, 0.29) is 11.8 Å². The summed E-state index contributed by atoms with van der Waals surface area (Å²) < 4.78 is 5.68. The van der Waals surface area contributed by atoms with E-state index in [1.54, 1.807) is 6.92 Å². The van der Waals surface area contributed by atoms with Crippen LogP contribution in [0.3, 0.4) is 0 Å². The lowest BCUT2D eigenvalue weighted by Crippen LogP contribution is -2.73. The summed E-state index contributed by atoms with van der Waals surface area (Å²) in [7, 11) is 0. The molecule has 4 fully saturated rings. The Kier molecular flexibility index (Phi) is 3.22. The smallest absolute Gasteiger partial charge is 0.317 e. The molecule has 1 heterocycles. The van der Waals surface area contributed by atoms with E-state index in [0.717, 1.165) is 12.8 Å². The van der Waals surface area contributed by atoms with Crippen LogP contribution in [0.4, 0.5) is 0 Å². The molecule has 1 saturated heterocycles.